The van der Waals surface area contributed by atoms with Gasteiger partial charge in [0, 0.05) is 16.0 Å². The van der Waals surface area contributed by atoms with Gasteiger partial charge in [-0.25, -0.2) is 4.39 Å². The zero-order chi connectivity index (χ0) is 25.2. The van der Waals surface area contributed by atoms with Gasteiger partial charge in [0.15, 0.2) is 0 Å². The first-order valence-electron chi connectivity index (χ1n) is 11.6. The largest absolute Gasteiger partial charge is 0.386 e. The lowest BCUT2D eigenvalue weighted by atomic mass is 9.85. The van der Waals surface area contributed by atoms with E-state index in [9.17, 15) is 14.3 Å². The molecule has 0 aromatic heterocycles. The van der Waals surface area contributed by atoms with Gasteiger partial charge in [-0.05, 0) is 58.2 Å². The van der Waals surface area contributed by atoms with Crippen molar-refractivity contribution in [3.05, 3.63) is 118 Å². The van der Waals surface area contributed by atoms with Gasteiger partial charge in [-0.3, -0.25) is 4.79 Å². The van der Waals surface area contributed by atoms with Gasteiger partial charge in [0.1, 0.15) is 5.82 Å². The number of carbonyl (C=O) groups is 1. The van der Waals surface area contributed by atoms with Gasteiger partial charge in [-0.1, -0.05) is 93.0 Å². The number of hydrogen-bond donors (Lipinski definition) is 2. The Morgan fingerprint density at radius 2 is 1.66 bits per heavy atom. The van der Waals surface area contributed by atoms with E-state index in [1.165, 1.54) is 17.7 Å². The van der Waals surface area contributed by atoms with Gasteiger partial charge in [0.25, 0.3) is 5.91 Å². The van der Waals surface area contributed by atoms with Crippen LogP contribution in [-0.2, 0) is 11.8 Å². The molecule has 4 aromatic rings. The molecule has 4 rings (SSSR count). The second kappa shape index (κ2) is 10.2. The van der Waals surface area contributed by atoms with E-state index < -0.39 is 12.1 Å². The Hall–Kier alpha value is -3.21. The third-order valence-corrected chi connectivity index (χ3v) is 6.49. The zero-order valence-corrected chi connectivity index (χ0v) is 20.8. The number of benzene rings is 4. The van der Waals surface area contributed by atoms with Gasteiger partial charge >= 0.3 is 0 Å². The van der Waals surface area contributed by atoms with E-state index in [1.54, 1.807) is 48.5 Å². The maximum absolute atomic E-state index is 14.3. The third kappa shape index (κ3) is 5.72. The van der Waals surface area contributed by atoms with Crippen molar-refractivity contribution < 1.29 is 14.3 Å². The highest BCUT2D eigenvalue weighted by Gasteiger charge is 2.26. The van der Waals surface area contributed by atoms with Crippen LogP contribution in [-0.4, -0.2) is 17.1 Å². The molecular weight excluding hydrogens is 461 g/mol. The zero-order valence-electron chi connectivity index (χ0n) is 20.1. The summed E-state index contributed by atoms with van der Waals surface area (Å²) in [4.78, 5) is 13.4. The van der Waals surface area contributed by atoms with E-state index in [1.807, 2.05) is 12.1 Å². The van der Waals surface area contributed by atoms with Crippen molar-refractivity contribution in [2.24, 2.45) is 0 Å². The van der Waals surface area contributed by atoms with E-state index in [0.29, 0.717) is 33.3 Å². The van der Waals surface area contributed by atoms with Crippen LogP contribution in [0.15, 0.2) is 84.9 Å². The lowest BCUT2D eigenvalue weighted by Gasteiger charge is -2.26. The van der Waals surface area contributed by atoms with E-state index in [2.05, 4.69) is 38.2 Å². The van der Waals surface area contributed by atoms with Crippen molar-refractivity contribution in [1.29, 1.82) is 0 Å². The van der Waals surface area contributed by atoms with Crippen LogP contribution in [0.3, 0.4) is 0 Å². The number of amides is 1. The molecule has 3 nitrogen and oxygen atoms in total. The predicted molar refractivity (Wildman–Crippen MR) is 140 cm³/mol. The molecular formula is C30H29ClFNO2. The number of hydrogen-bond acceptors (Lipinski definition) is 2. The highest BCUT2D eigenvalue weighted by molar-refractivity contribution is 6.30. The molecule has 2 N–H and O–H groups in total. The highest BCUT2D eigenvalue weighted by atomic mass is 35.5. The molecule has 0 bridgehead atoms. The lowest BCUT2D eigenvalue weighted by molar-refractivity contribution is 0.0833. The molecule has 2 unspecified atom stereocenters. The quantitative estimate of drug-likeness (QED) is 0.306. The molecule has 0 aliphatic heterocycles. The smallest absolute Gasteiger partial charge is 0.252 e. The number of carbonyl (C=O) groups excluding carboxylic acids is 1. The Bertz CT molecular complexity index is 1360. The first-order valence-corrected chi connectivity index (χ1v) is 12.0. The van der Waals surface area contributed by atoms with Crippen molar-refractivity contribution in [2.45, 2.75) is 44.8 Å². The van der Waals surface area contributed by atoms with Crippen molar-refractivity contribution in [1.82, 2.24) is 5.32 Å². The maximum atomic E-state index is 14.3. The van der Waals surface area contributed by atoms with Gasteiger partial charge < -0.3 is 10.4 Å². The minimum Gasteiger partial charge on any atom is -0.386 e. The van der Waals surface area contributed by atoms with Gasteiger partial charge in [-0.2, -0.15) is 0 Å². The van der Waals surface area contributed by atoms with E-state index >= 15 is 0 Å². The Balaban J connectivity index is 1.70. The predicted octanol–water partition coefficient (Wildman–Crippen LogP) is 7.00. The topological polar surface area (TPSA) is 49.3 Å². The van der Waals surface area contributed by atoms with Crippen LogP contribution in [0.5, 0.6) is 0 Å². The van der Waals surface area contributed by atoms with Crippen molar-refractivity contribution >= 4 is 28.3 Å². The normalized spacial score (nSPS) is 13.4. The van der Waals surface area contributed by atoms with Crippen LogP contribution >= 0.6 is 11.6 Å². The van der Waals surface area contributed by atoms with Crippen LogP contribution in [0.1, 0.15) is 53.9 Å². The summed E-state index contributed by atoms with van der Waals surface area (Å²) in [5, 5.41) is 15.7. The number of fused-ring (bicyclic) bond motifs is 1. The molecule has 2 atom stereocenters. The average molecular weight is 490 g/mol. The number of rotatable bonds is 6. The van der Waals surface area contributed by atoms with Crippen LogP contribution < -0.4 is 5.32 Å². The fraction of sp³-hybridized carbons (Fsp3) is 0.233. The third-order valence-electron chi connectivity index (χ3n) is 6.25. The Morgan fingerprint density at radius 3 is 2.37 bits per heavy atom. The first-order chi connectivity index (χ1) is 16.6. The summed E-state index contributed by atoms with van der Waals surface area (Å²) in [5.74, 6) is -0.758. The number of aliphatic hydroxyl groups excluding tert-OH is 1. The molecule has 0 radical (unpaired) electrons. The summed E-state index contributed by atoms with van der Waals surface area (Å²) in [6.07, 6.45) is -0.592. The van der Waals surface area contributed by atoms with E-state index in [0.717, 1.165) is 5.56 Å². The molecule has 0 heterocycles. The minimum atomic E-state index is -0.998. The van der Waals surface area contributed by atoms with Crippen LogP contribution in [0, 0.1) is 5.82 Å². The Morgan fingerprint density at radius 1 is 0.943 bits per heavy atom. The summed E-state index contributed by atoms with van der Waals surface area (Å²) in [6, 6.07) is 24.2. The Kier molecular flexibility index (Phi) is 7.25. The van der Waals surface area contributed by atoms with Crippen molar-refractivity contribution in [2.75, 3.05) is 0 Å². The van der Waals surface area contributed by atoms with E-state index in [4.69, 9.17) is 11.6 Å². The summed E-state index contributed by atoms with van der Waals surface area (Å²) in [5.41, 5.74) is 3.09. The standard InChI is InChI=1S/C30H29ClFNO2/c1-30(2,3)21-10-6-8-19(16-21)17-27(28(34)20-9-7-11-22(31)18-20)33-29(35)25-14-15-26(32)24-13-5-4-12-23(24)25/h4-16,18,27-28,34H,17H2,1-3H3,(H,33,35). The van der Waals surface area contributed by atoms with Crippen molar-refractivity contribution in [3.8, 4) is 0 Å². The molecule has 0 fully saturated rings. The number of nitrogens with one attached hydrogen (secondary N) is 1. The van der Waals surface area contributed by atoms with Crippen LogP contribution in [0.25, 0.3) is 10.8 Å². The second-order valence-electron chi connectivity index (χ2n) is 9.87. The van der Waals surface area contributed by atoms with Gasteiger partial charge in [-0.15, -0.1) is 0 Å². The molecule has 0 saturated heterocycles. The highest BCUT2D eigenvalue weighted by Crippen LogP contribution is 2.27. The maximum Gasteiger partial charge on any atom is 0.252 e. The van der Waals surface area contributed by atoms with Gasteiger partial charge in [0.05, 0.1) is 12.1 Å². The summed E-state index contributed by atoms with van der Waals surface area (Å²) in [6.45, 7) is 6.43. The number of halogens is 2. The molecule has 35 heavy (non-hydrogen) atoms. The summed E-state index contributed by atoms with van der Waals surface area (Å²) >= 11 is 6.17. The SMILES string of the molecule is CC(C)(C)c1cccc(CC(NC(=O)c2ccc(F)c3ccccc23)C(O)c2cccc(Cl)c2)c1. The molecule has 5 heteroatoms. The fourth-order valence-electron chi connectivity index (χ4n) is 4.29. The molecule has 0 spiro atoms. The first kappa shape index (κ1) is 24.9. The second-order valence-corrected chi connectivity index (χ2v) is 10.3. The molecule has 1 amide bonds. The lowest BCUT2D eigenvalue weighted by Crippen LogP contribution is -2.41. The Labute approximate surface area is 210 Å². The van der Waals surface area contributed by atoms with Crippen LogP contribution in [0.4, 0.5) is 4.39 Å². The van der Waals surface area contributed by atoms with Crippen molar-refractivity contribution in [3.63, 3.8) is 0 Å². The minimum absolute atomic E-state index is 0.0344. The monoisotopic (exact) mass is 489 g/mol. The van der Waals surface area contributed by atoms with E-state index in [-0.39, 0.29) is 17.1 Å². The number of aliphatic hydroxyl groups is 1. The average Bonchev–Trinajstić information content (AvgIpc) is 2.83. The molecule has 0 aliphatic carbocycles. The molecule has 180 valence electrons. The molecule has 0 saturated carbocycles. The summed E-state index contributed by atoms with van der Waals surface area (Å²) < 4.78 is 14.3. The molecule has 4 aromatic carbocycles. The summed E-state index contributed by atoms with van der Waals surface area (Å²) in [7, 11) is 0. The van der Waals surface area contributed by atoms with Gasteiger partial charge in [0.2, 0.25) is 0 Å². The molecule has 0 aliphatic rings. The van der Waals surface area contributed by atoms with Crippen LogP contribution in [0.2, 0.25) is 5.02 Å². The fourth-order valence-corrected chi connectivity index (χ4v) is 4.49.